The second kappa shape index (κ2) is 8.44. The van der Waals surface area contributed by atoms with Crippen LogP contribution in [0.25, 0.3) is 22.6 Å². The van der Waals surface area contributed by atoms with E-state index in [0.717, 1.165) is 18.3 Å². The van der Waals surface area contributed by atoms with Crippen LogP contribution in [-0.2, 0) is 24.0 Å². The van der Waals surface area contributed by atoms with Gasteiger partial charge in [-0.05, 0) is 24.3 Å². The zero-order chi connectivity index (χ0) is 24.1. The Hall–Kier alpha value is -2.95. The van der Waals surface area contributed by atoms with E-state index in [0.29, 0.717) is 16.1 Å². The van der Waals surface area contributed by atoms with E-state index in [4.69, 9.17) is 0 Å². The molecule has 5 nitrogen and oxygen atoms in total. The smallest absolute Gasteiger partial charge is 0.325 e. The fraction of sp³-hybridized carbons (Fsp3) is 0.318. The summed E-state index contributed by atoms with van der Waals surface area (Å²) in [7, 11) is 0.108. The molecule has 0 fully saturated rings. The predicted molar refractivity (Wildman–Crippen MR) is 114 cm³/mol. The van der Waals surface area contributed by atoms with Gasteiger partial charge in [0.1, 0.15) is 23.0 Å². The van der Waals surface area contributed by atoms with Gasteiger partial charge in [0, 0.05) is 36.4 Å². The van der Waals surface area contributed by atoms with Crippen molar-refractivity contribution in [1.29, 1.82) is 0 Å². The second-order valence-electron chi connectivity index (χ2n) is 7.66. The van der Waals surface area contributed by atoms with Crippen molar-refractivity contribution in [2.75, 3.05) is 5.75 Å². The minimum atomic E-state index is -4.63. The molecule has 0 spiro atoms. The third-order valence-corrected chi connectivity index (χ3v) is 6.93. The van der Waals surface area contributed by atoms with Crippen molar-refractivity contribution in [2.24, 2.45) is 13.0 Å². The first-order valence-corrected chi connectivity index (χ1v) is 11.4. The summed E-state index contributed by atoms with van der Waals surface area (Å²) >= 11 is 0. The van der Waals surface area contributed by atoms with E-state index < -0.39 is 46.2 Å². The summed E-state index contributed by atoms with van der Waals surface area (Å²) in [5.41, 5.74) is -0.215. The van der Waals surface area contributed by atoms with E-state index in [1.807, 2.05) is 0 Å². The molecule has 174 valence electrons. The van der Waals surface area contributed by atoms with Gasteiger partial charge in [-0.25, -0.2) is 23.7 Å². The molecular formula is C22H19F5N4OS. The SMILES string of the molecule is CCS(=O)c1ccc(C2C=C(F)C=C(F)C2C)nc1-c1nc2cc(C(F)(F)F)ncc2n1C. The molecule has 3 unspecified atom stereocenters. The van der Waals surface area contributed by atoms with Gasteiger partial charge in [-0.3, -0.25) is 4.21 Å². The van der Waals surface area contributed by atoms with E-state index in [2.05, 4.69) is 15.0 Å². The molecule has 1 aliphatic rings. The molecule has 11 heteroatoms. The van der Waals surface area contributed by atoms with Crippen LogP contribution in [0.2, 0.25) is 0 Å². The first-order valence-electron chi connectivity index (χ1n) is 10.0. The van der Waals surface area contributed by atoms with Crippen molar-refractivity contribution >= 4 is 21.8 Å². The Balaban J connectivity index is 1.91. The monoisotopic (exact) mass is 482 g/mol. The first-order chi connectivity index (χ1) is 15.5. The van der Waals surface area contributed by atoms with Crippen LogP contribution in [0, 0.1) is 5.92 Å². The van der Waals surface area contributed by atoms with Crippen LogP contribution in [0.5, 0.6) is 0 Å². The van der Waals surface area contributed by atoms with Crippen LogP contribution < -0.4 is 0 Å². The molecule has 0 N–H and O–H groups in total. The van der Waals surface area contributed by atoms with Crippen LogP contribution >= 0.6 is 0 Å². The highest BCUT2D eigenvalue weighted by Crippen LogP contribution is 2.38. The standard InChI is InChI=1S/C22H19F5N4OS/c1-4-33(32)18-6-5-15(13-7-12(23)8-14(24)11(13)2)29-20(18)21-30-16-9-19(22(25,26)27)28-10-17(16)31(21)3/h5-11,13H,4H2,1-3H3. The number of rotatable bonds is 4. The number of hydrogen-bond acceptors (Lipinski definition) is 4. The Morgan fingerprint density at radius 3 is 2.58 bits per heavy atom. The number of allylic oxidation sites excluding steroid dienone is 4. The summed E-state index contributed by atoms with van der Waals surface area (Å²) in [6, 6.07) is 3.95. The second-order valence-corrected chi connectivity index (χ2v) is 9.37. The van der Waals surface area contributed by atoms with Gasteiger partial charge >= 0.3 is 6.18 Å². The number of aromatic nitrogens is 4. The Morgan fingerprint density at radius 1 is 1.18 bits per heavy atom. The number of fused-ring (bicyclic) bond motifs is 1. The average Bonchev–Trinajstić information content (AvgIpc) is 3.10. The lowest BCUT2D eigenvalue weighted by atomic mass is 9.85. The van der Waals surface area contributed by atoms with Crippen molar-refractivity contribution in [3.63, 3.8) is 0 Å². The Kier molecular flexibility index (Phi) is 5.94. The van der Waals surface area contributed by atoms with Crippen molar-refractivity contribution in [2.45, 2.75) is 30.8 Å². The van der Waals surface area contributed by atoms with Gasteiger partial charge in [-0.1, -0.05) is 13.8 Å². The summed E-state index contributed by atoms with van der Waals surface area (Å²) in [6.07, 6.45) is -1.50. The third-order valence-electron chi connectivity index (χ3n) is 5.59. The molecule has 0 saturated heterocycles. The number of halogens is 5. The summed E-state index contributed by atoms with van der Waals surface area (Å²) in [4.78, 5) is 12.7. The quantitative estimate of drug-likeness (QED) is 0.453. The van der Waals surface area contributed by atoms with E-state index in [1.54, 1.807) is 33.0 Å². The predicted octanol–water partition coefficient (Wildman–Crippen LogP) is 5.62. The Labute approximate surface area is 188 Å². The van der Waals surface area contributed by atoms with Crippen molar-refractivity contribution in [3.05, 3.63) is 59.6 Å². The van der Waals surface area contributed by atoms with Gasteiger partial charge in [0.25, 0.3) is 0 Å². The fourth-order valence-electron chi connectivity index (χ4n) is 3.74. The highest BCUT2D eigenvalue weighted by atomic mass is 32.2. The average molecular weight is 482 g/mol. The fourth-order valence-corrected chi connectivity index (χ4v) is 4.63. The van der Waals surface area contributed by atoms with Gasteiger partial charge in [-0.15, -0.1) is 0 Å². The maximum absolute atomic E-state index is 14.2. The van der Waals surface area contributed by atoms with Crippen LogP contribution in [0.15, 0.2) is 53.1 Å². The van der Waals surface area contributed by atoms with Crippen molar-refractivity contribution in [3.8, 4) is 11.5 Å². The van der Waals surface area contributed by atoms with Crippen molar-refractivity contribution in [1.82, 2.24) is 19.5 Å². The molecule has 4 rings (SSSR count). The molecular weight excluding hydrogens is 463 g/mol. The molecule has 33 heavy (non-hydrogen) atoms. The highest BCUT2D eigenvalue weighted by Gasteiger charge is 2.33. The van der Waals surface area contributed by atoms with Gasteiger partial charge in [-0.2, -0.15) is 13.2 Å². The van der Waals surface area contributed by atoms with Crippen LogP contribution in [0.4, 0.5) is 22.0 Å². The molecule has 3 aromatic rings. The van der Waals surface area contributed by atoms with Crippen LogP contribution in [0.3, 0.4) is 0 Å². The van der Waals surface area contributed by atoms with Crippen LogP contribution in [0.1, 0.15) is 31.2 Å². The Bertz CT molecular complexity index is 1330. The molecule has 0 aromatic carbocycles. The number of aryl methyl sites for hydroxylation is 1. The van der Waals surface area contributed by atoms with Crippen molar-refractivity contribution < 1.29 is 26.2 Å². The first kappa shape index (κ1) is 23.2. The molecule has 0 radical (unpaired) electrons. The van der Waals surface area contributed by atoms with E-state index in [9.17, 15) is 26.2 Å². The molecule has 0 saturated carbocycles. The number of imidazole rings is 1. The maximum Gasteiger partial charge on any atom is 0.433 e. The molecule has 3 aromatic heterocycles. The number of pyridine rings is 2. The minimum Gasteiger partial charge on any atom is -0.325 e. The van der Waals surface area contributed by atoms with E-state index >= 15 is 0 Å². The molecule has 0 aliphatic heterocycles. The summed E-state index contributed by atoms with van der Waals surface area (Å²) in [6.45, 7) is 3.31. The normalized spacial score (nSPS) is 20.0. The molecule has 3 atom stereocenters. The number of nitrogens with zero attached hydrogens (tertiary/aromatic N) is 4. The minimum absolute atomic E-state index is 0.0428. The van der Waals surface area contributed by atoms with E-state index in [-0.39, 0.29) is 22.8 Å². The van der Waals surface area contributed by atoms with Gasteiger partial charge in [0.15, 0.2) is 5.82 Å². The topological polar surface area (TPSA) is 60.7 Å². The molecule has 0 amide bonds. The van der Waals surface area contributed by atoms with Gasteiger partial charge in [0.05, 0.1) is 32.9 Å². The lowest BCUT2D eigenvalue weighted by molar-refractivity contribution is -0.141. The maximum atomic E-state index is 14.2. The Morgan fingerprint density at radius 2 is 1.91 bits per heavy atom. The third kappa shape index (κ3) is 4.21. The zero-order valence-corrected chi connectivity index (χ0v) is 18.6. The van der Waals surface area contributed by atoms with E-state index in [1.165, 1.54) is 10.6 Å². The number of hydrogen-bond donors (Lipinski definition) is 0. The largest absolute Gasteiger partial charge is 0.433 e. The number of alkyl halides is 3. The lowest BCUT2D eigenvalue weighted by Gasteiger charge is -2.23. The summed E-state index contributed by atoms with van der Waals surface area (Å²) < 4.78 is 81.6. The molecule has 1 aliphatic carbocycles. The summed E-state index contributed by atoms with van der Waals surface area (Å²) in [5.74, 6) is -2.30. The summed E-state index contributed by atoms with van der Waals surface area (Å²) in [5, 5.41) is 0. The molecule has 3 heterocycles. The van der Waals surface area contributed by atoms with Gasteiger partial charge in [0.2, 0.25) is 0 Å². The zero-order valence-electron chi connectivity index (χ0n) is 17.8. The molecule has 0 bridgehead atoms. The van der Waals surface area contributed by atoms with Crippen LogP contribution in [-0.4, -0.2) is 29.5 Å². The van der Waals surface area contributed by atoms with Gasteiger partial charge < -0.3 is 4.57 Å². The lowest BCUT2D eigenvalue weighted by Crippen LogP contribution is -2.15. The highest BCUT2D eigenvalue weighted by molar-refractivity contribution is 7.85.